The minimum Gasteiger partial charge on any atom is -0.746 e. The predicted octanol–water partition coefficient (Wildman–Crippen LogP) is 4.60. The van der Waals surface area contributed by atoms with Crippen LogP contribution in [0.5, 0.6) is 0 Å². The quantitative estimate of drug-likeness (QED) is 0.214. The molecule has 0 fully saturated rings. The molecule has 0 saturated carbocycles. The van der Waals surface area contributed by atoms with Gasteiger partial charge >= 0.3 is 11.8 Å². The summed E-state index contributed by atoms with van der Waals surface area (Å²) in [6, 6.07) is 0. The Bertz CT molecular complexity index is 630. The number of hydrogen-bond donors (Lipinski definition) is 0. The Hall–Kier alpha value is -0.900. The summed E-state index contributed by atoms with van der Waals surface area (Å²) in [5.41, 5.74) is -5.26. The number of alkyl halides is 11. The molecule has 196 valence electrons. The van der Waals surface area contributed by atoms with E-state index in [9.17, 15) is 61.3 Å². The second-order valence-corrected chi connectivity index (χ2v) is 8.13. The van der Waals surface area contributed by atoms with Crippen molar-refractivity contribution in [1.29, 1.82) is 0 Å². The third-order valence-corrected chi connectivity index (χ3v) is 5.94. The maximum absolute atomic E-state index is 13.0. The number of nitrogens with zero attached hydrogens (tertiary/aromatic N) is 1. The first kappa shape index (κ1) is 33.3. The van der Waals surface area contributed by atoms with Crippen LogP contribution in [0.2, 0.25) is 0 Å². The van der Waals surface area contributed by atoms with Crippen LogP contribution in [0.1, 0.15) is 27.7 Å². The van der Waals surface area contributed by atoms with Gasteiger partial charge in [-0.3, -0.25) is 0 Å². The highest BCUT2D eigenvalue weighted by Gasteiger charge is 2.70. The molecule has 5 atom stereocenters. The van der Waals surface area contributed by atoms with E-state index >= 15 is 0 Å². The van der Waals surface area contributed by atoms with Gasteiger partial charge in [-0.2, -0.15) is 17.6 Å². The van der Waals surface area contributed by atoms with E-state index in [1.165, 1.54) is 30.7 Å². The normalized spacial score (nSPS) is 18.4. The maximum atomic E-state index is 13.0. The molecular formula is C16H26F11NO3S. The zero-order valence-electron chi connectivity index (χ0n) is 17.5. The zero-order valence-corrected chi connectivity index (χ0v) is 18.3. The Morgan fingerprint density at radius 1 is 0.688 bits per heavy atom. The van der Waals surface area contributed by atoms with Crippen LogP contribution in [-0.2, 0) is 10.1 Å². The number of quaternary nitrogens is 1. The van der Waals surface area contributed by atoms with E-state index in [1.807, 2.05) is 0 Å². The van der Waals surface area contributed by atoms with Crippen LogP contribution in [0.3, 0.4) is 0 Å². The van der Waals surface area contributed by atoms with Gasteiger partial charge < -0.3 is 9.04 Å². The van der Waals surface area contributed by atoms with Crippen molar-refractivity contribution in [3.05, 3.63) is 0 Å². The summed E-state index contributed by atoms with van der Waals surface area (Å²) < 4.78 is 170. The monoisotopic (exact) mass is 521 g/mol. The minimum atomic E-state index is -6.78. The molecule has 32 heavy (non-hydrogen) atoms. The summed E-state index contributed by atoms with van der Waals surface area (Å²) >= 11 is 0. The van der Waals surface area contributed by atoms with Gasteiger partial charge in [0.1, 0.15) is 10.1 Å². The molecular weight excluding hydrogens is 495 g/mol. The summed E-state index contributed by atoms with van der Waals surface area (Å²) in [6.45, 7) is 14.2. The van der Waals surface area contributed by atoms with Crippen LogP contribution in [0.15, 0.2) is 0 Å². The van der Waals surface area contributed by atoms with E-state index in [0.29, 0.717) is 0 Å². The van der Waals surface area contributed by atoms with Crippen LogP contribution in [-0.4, -0.2) is 92.1 Å². The lowest BCUT2D eigenvalue weighted by Crippen LogP contribution is -2.59. The minimum absolute atomic E-state index is 1.28. The fourth-order valence-electron chi connectivity index (χ4n) is 2.53. The molecule has 0 bridgehead atoms. The van der Waals surface area contributed by atoms with E-state index in [-0.39, 0.29) is 0 Å². The van der Waals surface area contributed by atoms with Gasteiger partial charge in [-0.1, -0.05) is 0 Å². The molecule has 0 N–H and O–H groups in total. The van der Waals surface area contributed by atoms with Crippen molar-refractivity contribution < 1.29 is 65.7 Å². The van der Waals surface area contributed by atoms with Gasteiger partial charge in [-0.25, -0.2) is 39.2 Å². The molecule has 16 heteroatoms. The molecule has 0 aliphatic rings. The van der Waals surface area contributed by atoms with Crippen molar-refractivity contribution in [2.24, 2.45) is 0 Å². The standard InChI is InChI=1S/C8H7F11O3S.C8H20N/c9-1(3(11)5(13)14)2(10)4(12)7(16,17)8(18,19)6(15)23(20,21)22;1-5-9(6-2,7-3)8-4/h1-6H,(H,20,21,22);5-8H2,1-4H3/q;+1/p-1. The lowest BCUT2D eigenvalue weighted by molar-refractivity contribution is -0.921. The average molecular weight is 521 g/mol. The number of halogens is 11. The van der Waals surface area contributed by atoms with Crippen LogP contribution >= 0.6 is 0 Å². The zero-order chi connectivity index (χ0) is 26.3. The Labute approximate surface area is 179 Å². The maximum Gasteiger partial charge on any atom is 0.356 e. The average Bonchev–Trinajstić information content (AvgIpc) is 2.72. The van der Waals surface area contributed by atoms with Gasteiger partial charge in [0.15, 0.2) is 18.5 Å². The lowest BCUT2D eigenvalue weighted by atomic mass is 9.98. The Kier molecular flexibility index (Phi) is 13.0. The van der Waals surface area contributed by atoms with Crippen LogP contribution in [0.4, 0.5) is 48.3 Å². The molecule has 0 aliphatic heterocycles. The van der Waals surface area contributed by atoms with Gasteiger partial charge in [0.05, 0.1) is 26.2 Å². The van der Waals surface area contributed by atoms with Crippen LogP contribution in [0.25, 0.3) is 0 Å². The van der Waals surface area contributed by atoms with Crippen molar-refractivity contribution in [2.45, 2.75) is 76.2 Å². The summed E-state index contributed by atoms with van der Waals surface area (Å²) in [5, 5.41) is 0. The smallest absolute Gasteiger partial charge is 0.356 e. The number of rotatable bonds is 12. The fourth-order valence-corrected chi connectivity index (χ4v) is 3.05. The van der Waals surface area contributed by atoms with Gasteiger partial charge in [0.2, 0.25) is 6.17 Å². The van der Waals surface area contributed by atoms with E-state index in [2.05, 4.69) is 27.7 Å². The third kappa shape index (κ3) is 7.85. The van der Waals surface area contributed by atoms with Gasteiger partial charge in [0.25, 0.3) is 11.9 Å². The predicted molar refractivity (Wildman–Crippen MR) is 92.5 cm³/mol. The first-order valence-corrected chi connectivity index (χ1v) is 10.7. The molecule has 4 nitrogen and oxygen atoms in total. The van der Waals surface area contributed by atoms with E-state index in [0.717, 1.165) is 0 Å². The molecule has 0 radical (unpaired) electrons. The molecule has 0 heterocycles. The SMILES string of the molecule is CC[N+](CC)(CC)CC.O=S(=O)([O-])C(F)C(F)(F)C(F)(F)C(F)C(F)C(F)C(F)C(F)F. The summed E-state index contributed by atoms with van der Waals surface area (Å²) in [7, 11) is -6.78. The lowest BCUT2D eigenvalue weighted by Gasteiger charge is -2.34. The second kappa shape index (κ2) is 12.5. The first-order valence-electron chi connectivity index (χ1n) is 9.27. The molecule has 0 spiro atoms. The highest BCUT2D eigenvalue weighted by Crippen LogP contribution is 2.45. The van der Waals surface area contributed by atoms with Gasteiger partial charge in [0, 0.05) is 0 Å². The summed E-state index contributed by atoms with van der Waals surface area (Å²) in [5.74, 6) is -13.4. The molecule has 0 amide bonds. The van der Waals surface area contributed by atoms with Crippen molar-refractivity contribution in [3.63, 3.8) is 0 Å². The third-order valence-electron chi connectivity index (χ3n) is 5.14. The van der Waals surface area contributed by atoms with Gasteiger partial charge in [-0.15, -0.1) is 0 Å². The summed E-state index contributed by atoms with van der Waals surface area (Å²) in [6.07, 6.45) is -22.6. The summed E-state index contributed by atoms with van der Waals surface area (Å²) in [4.78, 5) is 0. The topological polar surface area (TPSA) is 57.2 Å². The van der Waals surface area contributed by atoms with Crippen LogP contribution < -0.4 is 0 Å². The van der Waals surface area contributed by atoms with E-state index in [4.69, 9.17) is 0 Å². The molecule has 0 saturated heterocycles. The highest BCUT2D eigenvalue weighted by molar-refractivity contribution is 7.86. The second-order valence-electron chi connectivity index (χ2n) is 6.73. The Balaban J connectivity index is 0. The number of hydrogen-bond acceptors (Lipinski definition) is 3. The molecule has 0 rings (SSSR count). The van der Waals surface area contributed by atoms with Crippen molar-refractivity contribution >= 4 is 10.1 Å². The van der Waals surface area contributed by atoms with E-state index < -0.39 is 58.6 Å². The Morgan fingerprint density at radius 3 is 1.25 bits per heavy atom. The molecule has 5 unspecified atom stereocenters. The molecule has 0 aromatic heterocycles. The Morgan fingerprint density at radius 2 is 1.03 bits per heavy atom. The van der Waals surface area contributed by atoms with E-state index in [1.54, 1.807) is 0 Å². The molecule has 0 aromatic carbocycles. The van der Waals surface area contributed by atoms with Crippen molar-refractivity contribution in [3.8, 4) is 0 Å². The van der Waals surface area contributed by atoms with Gasteiger partial charge in [-0.05, 0) is 27.7 Å². The molecule has 0 aliphatic carbocycles. The van der Waals surface area contributed by atoms with Crippen molar-refractivity contribution in [1.82, 2.24) is 0 Å². The van der Waals surface area contributed by atoms with Crippen LogP contribution in [0, 0.1) is 0 Å². The fraction of sp³-hybridized carbons (Fsp3) is 1.00. The first-order chi connectivity index (χ1) is 14.2. The largest absolute Gasteiger partial charge is 0.746 e. The molecule has 0 aromatic rings. The highest BCUT2D eigenvalue weighted by atomic mass is 32.2. The van der Waals surface area contributed by atoms with Crippen molar-refractivity contribution in [2.75, 3.05) is 26.2 Å².